The predicted molar refractivity (Wildman–Crippen MR) is 143 cm³/mol. The zero-order valence-corrected chi connectivity index (χ0v) is 24.9. The van der Waals surface area contributed by atoms with E-state index in [-0.39, 0.29) is 32.2 Å². The number of hydrogen-bond donors (Lipinski definition) is 0. The van der Waals surface area contributed by atoms with E-state index in [2.05, 4.69) is 85.0 Å². The van der Waals surface area contributed by atoms with E-state index in [1.807, 2.05) is 38.1 Å². The molecule has 0 aromatic heterocycles. The van der Waals surface area contributed by atoms with Gasteiger partial charge in [-0.25, -0.2) is 6.54 Å². The van der Waals surface area contributed by atoms with E-state index in [0.717, 1.165) is 11.3 Å². The third-order valence-electron chi connectivity index (χ3n) is 5.49. The average molecular weight is 580 g/mol. The average Bonchev–Trinajstić information content (AvgIpc) is 2.91. The second kappa shape index (κ2) is 13.3. The van der Waals surface area contributed by atoms with E-state index >= 15 is 0 Å². The Morgan fingerprint density at radius 2 is 1.58 bits per heavy atom. The van der Waals surface area contributed by atoms with Crippen molar-refractivity contribution in [1.29, 1.82) is 0 Å². The normalized spacial score (nSPS) is 16.1. The Kier molecular flexibility index (Phi) is 12.1. The van der Waals surface area contributed by atoms with Crippen LogP contribution in [0.4, 0.5) is 5.69 Å². The van der Waals surface area contributed by atoms with Crippen LogP contribution in [0.3, 0.4) is 0 Å². The summed E-state index contributed by atoms with van der Waals surface area (Å²) in [5.41, 5.74) is 5.68. The van der Waals surface area contributed by atoms with Crippen LogP contribution in [0.15, 0.2) is 42.5 Å². The fourth-order valence-electron chi connectivity index (χ4n) is 4.49. The molecular weight excluding hydrogens is 538 g/mol. The molecule has 2 aromatic carbocycles. The van der Waals surface area contributed by atoms with E-state index in [0.29, 0.717) is 5.92 Å². The second-order valence-corrected chi connectivity index (χ2v) is 13.1. The van der Waals surface area contributed by atoms with E-state index in [4.69, 9.17) is 24.1 Å². The van der Waals surface area contributed by atoms with Gasteiger partial charge in [0.05, 0.1) is 6.10 Å². The van der Waals surface area contributed by atoms with Crippen LogP contribution in [0.1, 0.15) is 84.4 Å². The molecule has 0 radical (unpaired) electrons. The maximum absolute atomic E-state index is 5.48. The van der Waals surface area contributed by atoms with Crippen molar-refractivity contribution in [3.05, 3.63) is 72.6 Å². The molecule has 2 nitrogen and oxygen atoms in total. The summed E-state index contributed by atoms with van der Waals surface area (Å²) in [5.74, 6) is 1.44. The minimum atomic E-state index is -0.346. The van der Waals surface area contributed by atoms with Gasteiger partial charge in [0.15, 0.2) is 0 Å². The Labute approximate surface area is 219 Å². The van der Waals surface area contributed by atoms with Crippen molar-refractivity contribution in [2.45, 2.75) is 86.3 Å². The Balaban J connectivity index is 0.000000329. The van der Waals surface area contributed by atoms with Gasteiger partial charge in [0.2, 0.25) is 0 Å². The van der Waals surface area contributed by atoms with Gasteiger partial charge in [0.25, 0.3) is 0 Å². The van der Waals surface area contributed by atoms with Crippen molar-refractivity contribution in [1.82, 2.24) is 0 Å². The summed E-state index contributed by atoms with van der Waals surface area (Å²) in [6.07, 6.45) is 1.42. The molecule has 0 spiro atoms. The number of benzene rings is 2. The van der Waals surface area contributed by atoms with E-state index in [1.54, 1.807) is 0 Å². The molecule has 1 saturated heterocycles. The van der Waals surface area contributed by atoms with E-state index in [9.17, 15) is 0 Å². The molecule has 5 heteroatoms. The molecule has 0 bridgehead atoms. The molecule has 3 rings (SSSR count). The minimum absolute atomic E-state index is 0.194. The van der Waals surface area contributed by atoms with Crippen LogP contribution in [0.25, 0.3) is 0 Å². The molecule has 1 aliphatic heterocycles. The number of para-hydroxylation sites is 2. The fraction of sp³-hybridized carbons (Fsp3) is 0.500. The third kappa shape index (κ3) is 9.35. The quantitative estimate of drug-likeness (QED) is 0.264. The summed E-state index contributed by atoms with van der Waals surface area (Å²) in [4.78, 5) is 2.53. The first-order valence-corrected chi connectivity index (χ1v) is 15.9. The first kappa shape index (κ1) is 30.1. The number of hydrogen-bond acceptors (Lipinski definition) is 2. The maximum atomic E-state index is 5.48. The first-order chi connectivity index (χ1) is 15.3. The molecule has 0 N–H and O–H groups in total. The molecule has 2 aromatic rings. The molecule has 186 valence electrons. The van der Waals surface area contributed by atoms with Gasteiger partial charge in [-0.1, -0.05) is 64.4 Å². The van der Waals surface area contributed by atoms with Gasteiger partial charge in [0.1, 0.15) is 0 Å². The van der Waals surface area contributed by atoms with Crippen LogP contribution in [0.2, 0.25) is 0 Å². The Morgan fingerprint density at radius 1 is 1.00 bits per heavy atom. The van der Waals surface area contributed by atoms with Crippen molar-refractivity contribution in [3.8, 4) is 5.75 Å². The van der Waals surface area contributed by atoms with Crippen molar-refractivity contribution in [2.24, 2.45) is 5.41 Å². The topological polar surface area (TPSA) is 12.5 Å². The zero-order chi connectivity index (χ0) is 25.4. The van der Waals surface area contributed by atoms with Crippen LogP contribution < -0.4 is 9.64 Å². The summed E-state index contributed by atoms with van der Waals surface area (Å²) in [5, 5.41) is 0. The number of aryl methyl sites for hydroxylation is 1. The monoisotopic (exact) mass is 579 g/mol. The number of ether oxygens (including phenoxy) is 1. The van der Waals surface area contributed by atoms with Crippen molar-refractivity contribution < 1.29 is 19.9 Å². The van der Waals surface area contributed by atoms with E-state index < -0.39 is 0 Å². The van der Waals surface area contributed by atoms with Gasteiger partial charge in [-0.3, -0.25) is 0 Å². The van der Waals surface area contributed by atoms with Crippen LogP contribution in [-0.4, -0.2) is 11.6 Å². The molecule has 0 saturated carbocycles. The molecule has 1 fully saturated rings. The van der Waals surface area contributed by atoms with Crippen molar-refractivity contribution >= 4 is 25.1 Å². The summed E-state index contributed by atoms with van der Waals surface area (Å²) >= 11 is -0.346. The molecule has 1 aliphatic rings. The summed E-state index contributed by atoms with van der Waals surface area (Å²) < 4.78 is 5.48. The molecule has 0 aliphatic carbocycles. The van der Waals surface area contributed by atoms with Crippen LogP contribution in [-0.2, 0) is 15.1 Å². The second-order valence-electron chi connectivity index (χ2n) is 10.5. The van der Waals surface area contributed by atoms with Crippen molar-refractivity contribution in [2.75, 3.05) is 4.90 Å². The summed E-state index contributed by atoms with van der Waals surface area (Å²) in [6, 6.07) is 14.5. The predicted octanol–water partition coefficient (Wildman–Crippen LogP) is 9.33. The standard InChI is InChI=1S/C18H28N.C10H13O.2ClH.Ru/c1-13(2)15-10-8-9-14(3)16(15)19-12-17(4,5)11-18(19,6)7;1-8(2)11-10-7-5-4-6-9(10)3;;;/h8-10,12-13H,11H2,1-7H3;4-8H,3H2,1-2H3;2*1H;/q2*-1;;;+4/p-2. The summed E-state index contributed by atoms with van der Waals surface area (Å²) in [7, 11) is 9.71. The number of halogens is 2. The van der Waals surface area contributed by atoms with E-state index in [1.165, 1.54) is 23.2 Å². The van der Waals surface area contributed by atoms with Gasteiger partial charge in [-0.15, -0.1) is 11.5 Å². The number of nitrogens with zero attached hydrogens (tertiary/aromatic N) is 1. The molecule has 0 amide bonds. The molecule has 0 atom stereocenters. The van der Waals surface area contributed by atoms with Crippen LogP contribution >= 0.6 is 19.4 Å². The van der Waals surface area contributed by atoms with Gasteiger partial charge in [-0.05, 0) is 51.7 Å². The van der Waals surface area contributed by atoms with Crippen molar-refractivity contribution in [3.63, 3.8) is 0 Å². The van der Waals surface area contributed by atoms with Crippen LogP contribution in [0, 0.1) is 25.8 Å². The molecule has 1 heterocycles. The molecule has 33 heavy (non-hydrogen) atoms. The molecule has 0 unspecified atom stereocenters. The number of rotatable bonds is 4. The Bertz CT molecular complexity index is 865. The Hall–Kier alpha value is -0.887. The summed E-state index contributed by atoms with van der Waals surface area (Å²) in [6.45, 7) is 26.5. The molecular formula is C28H41Cl2NORu. The van der Waals surface area contributed by atoms with Gasteiger partial charge < -0.3 is 9.64 Å². The van der Waals surface area contributed by atoms with Crippen LogP contribution in [0.5, 0.6) is 5.75 Å². The fourth-order valence-corrected chi connectivity index (χ4v) is 4.49. The van der Waals surface area contributed by atoms with Gasteiger partial charge in [0, 0.05) is 17.0 Å². The van der Waals surface area contributed by atoms with Gasteiger partial charge in [-0.2, -0.15) is 18.6 Å². The SMILES string of the molecule is Cc1cccc(C(C)C)c1N1[CH-]C(C)(C)CC1(C)C.[CH2-]c1ccccc1OC(C)C.[Cl][Ru+2][Cl]. The zero-order valence-electron chi connectivity index (χ0n) is 21.7. The third-order valence-corrected chi connectivity index (χ3v) is 5.49. The van der Waals surface area contributed by atoms with Gasteiger partial charge >= 0.3 is 34.5 Å². The first-order valence-electron chi connectivity index (χ1n) is 11.4. The Morgan fingerprint density at radius 3 is 2.03 bits per heavy atom. The number of anilines is 1.